The highest BCUT2D eigenvalue weighted by Gasteiger charge is 2.22. The monoisotopic (exact) mass is 401 g/mol. The summed E-state index contributed by atoms with van der Waals surface area (Å²) >= 11 is 6.15. The molecule has 0 unspecified atom stereocenters. The molecule has 0 spiro atoms. The Morgan fingerprint density at radius 1 is 1.25 bits per heavy atom. The van der Waals surface area contributed by atoms with Crippen LogP contribution in [-0.4, -0.2) is 26.9 Å². The van der Waals surface area contributed by atoms with E-state index < -0.39 is 5.82 Å². The van der Waals surface area contributed by atoms with Crippen LogP contribution in [0.25, 0.3) is 11.0 Å². The first-order valence-electron chi connectivity index (χ1n) is 9.59. The fraction of sp³-hybridized carbons (Fsp3) is 0.364. The molecule has 0 aliphatic rings. The van der Waals surface area contributed by atoms with Gasteiger partial charge in [-0.05, 0) is 49.6 Å². The van der Waals surface area contributed by atoms with Crippen molar-refractivity contribution in [1.29, 1.82) is 0 Å². The van der Waals surface area contributed by atoms with Gasteiger partial charge >= 0.3 is 0 Å². The summed E-state index contributed by atoms with van der Waals surface area (Å²) in [5.41, 5.74) is 1.86. The van der Waals surface area contributed by atoms with Crippen molar-refractivity contribution in [2.75, 3.05) is 6.54 Å². The minimum Gasteiger partial charge on any atom is -0.331 e. The lowest BCUT2D eigenvalue weighted by atomic mass is 10.1. The summed E-state index contributed by atoms with van der Waals surface area (Å²) in [6.07, 6.45) is 0.832. The largest absolute Gasteiger partial charge is 0.331 e. The second-order valence-corrected chi connectivity index (χ2v) is 7.73. The zero-order valence-electron chi connectivity index (χ0n) is 16.5. The molecule has 3 aromatic rings. The van der Waals surface area contributed by atoms with Crippen LogP contribution in [-0.2, 0) is 13.1 Å². The van der Waals surface area contributed by atoms with Gasteiger partial charge in [0.15, 0.2) is 0 Å². The second-order valence-electron chi connectivity index (χ2n) is 7.29. The van der Waals surface area contributed by atoms with Crippen molar-refractivity contribution >= 4 is 28.5 Å². The van der Waals surface area contributed by atoms with Crippen LogP contribution in [0.4, 0.5) is 4.39 Å². The molecule has 148 valence electrons. The lowest BCUT2D eigenvalue weighted by Crippen LogP contribution is -2.33. The van der Waals surface area contributed by atoms with Gasteiger partial charge in [0.2, 0.25) is 0 Å². The van der Waals surface area contributed by atoms with E-state index in [1.54, 1.807) is 17.0 Å². The molecule has 28 heavy (non-hydrogen) atoms. The zero-order chi connectivity index (χ0) is 20.3. The third kappa shape index (κ3) is 4.36. The van der Waals surface area contributed by atoms with Crippen LogP contribution in [0.1, 0.15) is 43.4 Å². The van der Waals surface area contributed by atoms with Gasteiger partial charge in [-0.3, -0.25) is 4.79 Å². The predicted molar refractivity (Wildman–Crippen MR) is 111 cm³/mol. The minimum atomic E-state index is -0.502. The van der Waals surface area contributed by atoms with E-state index in [1.165, 1.54) is 12.1 Å². The van der Waals surface area contributed by atoms with Gasteiger partial charge < -0.3 is 9.47 Å². The number of carbonyl (C=O) groups is 1. The maximum atomic E-state index is 14.2. The van der Waals surface area contributed by atoms with Crippen molar-refractivity contribution in [2.24, 2.45) is 5.92 Å². The molecule has 3 rings (SSSR count). The van der Waals surface area contributed by atoms with E-state index >= 15 is 0 Å². The van der Waals surface area contributed by atoms with Gasteiger partial charge in [-0.1, -0.05) is 37.6 Å². The quantitative estimate of drug-likeness (QED) is 0.521. The number of hydrogen-bond acceptors (Lipinski definition) is 2. The Morgan fingerprint density at radius 3 is 2.68 bits per heavy atom. The van der Waals surface area contributed by atoms with Crippen LogP contribution in [0.2, 0.25) is 5.02 Å². The fourth-order valence-corrected chi connectivity index (χ4v) is 3.43. The van der Waals surface area contributed by atoms with Gasteiger partial charge in [0.05, 0.1) is 23.1 Å². The molecule has 1 aromatic heterocycles. The normalized spacial score (nSPS) is 11.4. The lowest BCUT2D eigenvalue weighted by molar-refractivity contribution is 0.0724. The number of nitrogens with zero attached hydrogens (tertiary/aromatic N) is 3. The first-order chi connectivity index (χ1) is 13.4. The highest BCUT2D eigenvalue weighted by atomic mass is 35.5. The van der Waals surface area contributed by atoms with Crippen LogP contribution in [0.15, 0.2) is 42.5 Å². The molecule has 0 saturated heterocycles. The molecule has 1 amide bonds. The highest BCUT2D eigenvalue weighted by molar-refractivity contribution is 6.31. The maximum Gasteiger partial charge on any atom is 0.257 e. The molecule has 4 nitrogen and oxygen atoms in total. The van der Waals surface area contributed by atoms with E-state index in [0.29, 0.717) is 30.6 Å². The van der Waals surface area contributed by atoms with Gasteiger partial charge in [0.1, 0.15) is 11.6 Å². The van der Waals surface area contributed by atoms with Crippen LogP contribution in [0.5, 0.6) is 0 Å². The third-order valence-corrected chi connectivity index (χ3v) is 5.04. The Morgan fingerprint density at radius 2 is 2.00 bits per heavy atom. The number of fused-ring (bicyclic) bond motifs is 1. The number of benzene rings is 2. The van der Waals surface area contributed by atoms with Gasteiger partial charge in [0, 0.05) is 18.1 Å². The van der Waals surface area contributed by atoms with Crippen molar-refractivity contribution in [3.05, 3.63) is 64.7 Å². The van der Waals surface area contributed by atoms with E-state index in [-0.39, 0.29) is 11.5 Å². The average Bonchev–Trinajstić information content (AvgIpc) is 3.01. The Balaban J connectivity index is 1.96. The summed E-state index contributed by atoms with van der Waals surface area (Å²) in [6.45, 7) is 7.81. The van der Waals surface area contributed by atoms with Gasteiger partial charge in [0.25, 0.3) is 5.91 Å². The van der Waals surface area contributed by atoms with Gasteiger partial charge in [-0.25, -0.2) is 9.37 Å². The molecule has 0 aliphatic heterocycles. The summed E-state index contributed by atoms with van der Waals surface area (Å²) < 4.78 is 16.3. The molecular weight excluding hydrogens is 377 g/mol. The summed E-state index contributed by atoms with van der Waals surface area (Å²) in [7, 11) is 0. The summed E-state index contributed by atoms with van der Waals surface area (Å²) in [6, 6.07) is 11.7. The van der Waals surface area contributed by atoms with E-state index in [0.717, 1.165) is 23.3 Å². The molecule has 2 aromatic carbocycles. The van der Waals surface area contributed by atoms with Crippen LogP contribution in [0, 0.1) is 11.7 Å². The number of imidazole rings is 1. The number of halogens is 2. The molecular formula is C22H25ClFN3O. The smallest absolute Gasteiger partial charge is 0.257 e. The summed E-state index contributed by atoms with van der Waals surface area (Å²) in [4.78, 5) is 19.5. The molecule has 0 aliphatic carbocycles. The van der Waals surface area contributed by atoms with Crippen molar-refractivity contribution in [2.45, 2.75) is 40.3 Å². The number of hydrogen-bond donors (Lipinski definition) is 0. The SMILES string of the molecule is CCn1c(CN(CCC(C)C)C(=O)c2ccccc2F)nc2ccc(Cl)cc21. The van der Waals surface area contributed by atoms with Gasteiger partial charge in [-0.2, -0.15) is 0 Å². The number of aryl methyl sites for hydroxylation is 1. The van der Waals surface area contributed by atoms with Crippen LogP contribution >= 0.6 is 11.6 Å². The number of aromatic nitrogens is 2. The first-order valence-corrected chi connectivity index (χ1v) is 9.97. The summed E-state index contributed by atoms with van der Waals surface area (Å²) in [5.74, 6) is 0.386. The Labute approximate surface area is 169 Å². The van der Waals surface area contributed by atoms with Crippen LogP contribution < -0.4 is 0 Å². The third-order valence-electron chi connectivity index (χ3n) is 4.81. The Kier molecular flexibility index (Phi) is 6.35. The Bertz CT molecular complexity index is 983. The predicted octanol–water partition coefficient (Wildman–Crippen LogP) is 5.54. The van der Waals surface area contributed by atoms with Crippen molar-refractivity contribution < 1.29 is 9.18 Å². The van der Waals surface area contributed by atoms with E-state index in [4.69, 9.17) is 16.6 Å². The van der Waals surface area contributed by atoms with E-state index in [1.807, 2.05) is 25.1 Å². The zero-order valence-corrected chi connectivity index (χ0v) is 17.2. The molecule has 0 bridgehead atoms. The van der Waals surface area contributed by atoms with Crippen molar-refractivity contribution in [1.82, 2.24) is 14.5 Å². The Hall–Kier alpha value is -2.40. The topological polar surface area (TPSA) is 38.1 Å². The fourth-order valence-electron chi connectivity index (χ4n) is 3.26. The second kappa shape index (κ2) is 8.74. The van der Waals surface area contributed by atoms with Crippen molar-refractivity contribution in [3.8, 4) is 0 Å². The molecule has 0 saturated carbocycles. The van der Waals surface area contributed by atoms with Gasteiger partial charge in [-0.15, -0.1) is 0 Å². The molecule has 0 fully saturated rings. The first kappa shape index (κ1) is 20.3. The average molecular weight is 402 g/mol. The maximum absolute atomic E-state index is 14.2. The molecule has 6 heteroatoms. The van der Waals surface area contributed by atoms with E-state index in [2.05, 4.69) is 18.4 Å². The molecule has 0 radical (unpaired) electrons. The van der Waals surface area contributed by atoms with Crippen molar-refractivity contribution in [3.63, 3.8) is 0 Å². The lowest BCUT2D eigenvalue weighted by Gasteiger charge is -2.24. The number of carbonyl (C=O) groups excluding carboxylic acids is 1. The number of rotatable bonds is 7. The molecule has 0 atom stereocenters. The summed E-state index contributed by atoms with van der Waals surface area (Å²) in [5, 5.41) is 0.646. The standard InChI is InChI=1S/C22H25ClFN3O/c1-4-27-20-13-16(23)9-10-19(20)25-21(27)14-26(12-11-15(2)3)22(28)17-7-5-6-8-18(17)24/h5-10,13,15H,4,11-12,14H2,1-3H3. The number of amides is 1. The minimum absolute atomic E-state index is 0.0912. The molecule has 0 N–H and O–H groups in total. The highest BCUT2D eigenvalue weighted by Crippen LogP contribution is 2.23. The molecule has 1 heterocycles. The van der Waals surface area contributed by atoms with Crippen LogP contribution in [0.3, 0.4) is 0 Å². The van der Waals surface area contributed by atoms with E-state index in [9.17, 15) is 9.18 Å².